The minimum absolute atomic E-state index is 0.00329. The Kier molecular flexibility index (Phi) is 7.83. The third-order valence-electron chi connectivity index (χ3n) is 6.62. The highest BCUT2D eigenvalue weighted by atomic mass is 35.5. The van der Waals surface area contributed by atoms with Crippen LogP contribution in [0.2, 0.25) is 10.0 Å². The molecule has 1 atom stereocenters. The molecule has 2 N–H and O–H groups in total. The van der Waals surface area contributed by atoms with Crippen LogP contribution in [0.1, 0.15) is 37.7 Å². The lowest BCUT2D eigenvalue weighted by Crippen LogP contribution is -2.42. The van der Waals surface area contributed by atoms with Crippen LogP contribution in [0.4, 0.5) is 0 Å². The Morgan fingerprint density at radius 2 is 1.92 bits per heavy atom. The van der Waals surface area contributed by atoms with Crippen molar-refractivity contribution in [2.24, 2.45) is 0 Å². The van der Waals surface area contributed by atoms with Gasteiger partial charge in [-0.2, -0.15) is 0 Å². The number of carbonyl (C=O) groups is 3. The topological polar surface area (TPSA) is 113 Å². The summed E-state index contributed by atoms with van der Waals surface area (Å²) in [5, 5.41) is 14.9. The zero-order valence-electron chi connectivity index (χ0n) is 20.7. The molecule has 2 aromatic carbocycles. The molecule has 1 aliphatic heterocycles. The van der Waals surface area contributed by atoms with Crippen LogP contribution in [0.3, 0.4) is 0 Å². The van der Waals surface area contributed by atoms with E-state index in [4.69, 9.17) is 27.6 Å². The van der Waals surface area contributed by atoms with Crippen LogP contribution in [0, 0.1) is 0 Å². The van der Waals surface area contributed by atoms with Gasteiger partial charge in [-0.15, -0.1) is 0 Å². The van der Waals surface area contributed by atoms with E-state index in [2.05, 4.69) is 10.3 Å². The van der Waals surface area contributed by atoms with E-state index >= 15 is 0 Å². The molecule has 0 spiro atoms. The van der Waals surface area contributed by atoms with Gasteiger partial charge in [0.15, 0.2) is 5.09 Å². The summed E-state index contributed by atoms with van der Waals surface area (Å²) in [5.74, 6) is -1.70. The van der Waals surface area contributed by atoms with Crippen LogP contribution in [0.5, 0.6) is 0 Å². The van der Waals surface area contributed by atoms with Gasteiger partial charge in [0, 0.05) is 31.1 Å². The quantitative estimate of drug-likeness (QED) is 0.277. The van der Waals surface area contributed by atoms with E-state index < -0.39 is 17.9 Å². The molecule has 0 fully saturated rings. The molecule has 11 heteroatoms. The molecule has 0 saturated carbocycles. The Hall–Kier alpha value is -3.53. The lowest BCUT2D eigenvalue weighted by molar-refractivity contribution is -0.139. The Bertz CT molecular complexity index is 1610. The van der Waals surface area contributed by atoms with Crippen molar-refractivity contribution in [2.75, 3.05) is 12.8 Å². The molecule has 0 unspecified atom stereocenters. The van der Waals surface area contributed by atoms with Gasteiger partial charge in [-0.05, 0) is 53.5 Å². The number of nitrogens with zero attached hydrogens (tertiary/aromatic N) is 2. The summed E-state index contributed by atoms with van der Waals surface area (Å²) < 4.78 is 5.56. The Balaban J connectivity index is 1.34. The van der Waals surface area contributed by atoms with Crippen molar-refractivity contribution in [1.82, 2.24) is 15.2 Å². The van der Waals surface area contributed by atoms with E-state index in [1.807, 2.05) is 30.5 Å². The van der Waals surface area contributed by atoms with E-state index in [0.717, 1.165) is 16.3 Å². The number of pyridine rings is 1. The number of hydrogen-bond acceptors (Lipinski definition) is 6. The van der Waals surface area contributed by atoms with Crippen molar-refractivity contribution in [3.05, 3.63) is 92.9 Å². The maximum Gasteiger partial charge on any atom is 0.326 e. The van der Waals surface area contributed by atoms with Crippen molar-refractivity contribution < 1.29 is 23.9 Å². The monoisotopic (exact) mass is 583 g/mol. The molecule has 2 aromatic heterocycles. The number of carbonyl (C=O) groups excluding carboxylic acids is 2. The van der Waals surface area contributed by atoms with Gasteiger partial charge < -0.3 is 19.7 Å². The number of carboxylic acid groups (broad SMARTS) is 1. The molecular weight excluding hydrogens is 561 g/mol. The fourth-order valence-electron chi connectivity index (χ4n) is 4.61. The Labute approximate surface area is 238 Å². The average molecular weight is 584 g/mol. The van der Waals surface area contributed by atoms with Gasteiger partial charge in [-0.1, -0.05) is 59.2 Å². The van der Waals surface area contributed by atoms with Crippen LogP contribution >= 0.6 is 35.0 Å². The number of halogens is 2. The fourth-order valence-corrected chi connectivity index (χ4v) is 5.76. The maximum absolute atomic E-state index is 13.2. The number of aliphatic carboxylic acids is 1. The van der Waals surface area contributed by atoms with Crippen LogP contribution < -0.4 is 5.32 Å². The van der Waals surface area contributed by atoms with Crippen molar-refractivity contribution >= 4 is 63.5 Å². The standard InChI is InChI=1S/C28H23Cl2N3O5S/c1-39-23-7-6-18(38-23)12-22(28(36)37)32-26(34)24-20(29)10-17-14-33(9-8-19(17)25(24)30)27(35)21-11-15-4-2-3-5-16(15)13-31-21/h2-7,10-11,13,22H,8-9,12,14H2,1H3,(H,32,34)(H,36,37)/t22-/m0/s1. The molecule has 2 amide bonds. The molecule has 1 aliphatic rings. The van der Waals surface area contributed by atoms with Gasteiger partial charge in [0.1, 0.15) is 17.5 Å². The minimum atomic E-state index is -1.25. The van der Waals surface area contributed by atoms with Crippen LogP contribution in [-0.4, -0.2) is 51.6 Å². The van der Waals surface area contributed by atoms with Gasteiger partial charge >= 0.3 is 5.97 Å². The highest BCUT2D eigenvalue weighted by molar-refractivity contribution is 7.98. The first-order valence-corrected chi connectivity index (χ1v) is 14.0. The molecule has 0 aliphatic carbocycles. The third kappa shape index (κ3) is 5.61. The highest BCUT2D eigenvalue weighted by Crippen LogP contribution is 2.35. The number of benzene rings is 2. The number of aromatic nitrogens is 1. The van der Waals surface area contributed by atoms with Crippen molar-refractivity contribution in [1.29, 1.82) is 0 Å². The number of rotatable bonds is 7. The minimum Gasteiger partial charge on any atom is -0.480 e. The Morgan fingerprint density at radius 1 is 1.15 bits per heavy atom. The predicted molar refractivity (Wildman–Crippen MR) is 150 cm³/mol. The van der Waals surface area contributed by atoms with E-state index in [9.17, 15) is 19.5 Å². The van der Waals surface area contributed by atoms with Gasteiger partial charge in [0.25, 0.3) is 11.8 Å². The number of carboxylic acids is 1. The SMILES string of the molecule is CSc1ccc(C[C@H](NC(=O)c2c(Cl)cc3c(c2Cl)CCN(C(=O)c2cc4ccccc4cn2)C3)C(=O)O)o1. The normalized spacial score (nSPS) is 13.7. The number of amides is 2. The van der Waals surface area contributed by atoms with Gasteiger partial charge in [0.05, 0.1) is 15.6 Å². The number of thioether (sulfide) groups is 1. The third-order valence-corrected chi connectivity index (χ3v) is 7.95. The lowest BCUT2D eigenvalue weighted by Gasteiger charge is -2.30. The largest absolute Gasteiger partial charge is 0.480 e. The Morgan fingerprint density at radius 3 is 2.64 bits per heavy atom. The van der Waals surface area contributed by atoms with E-state index in [0.29, 0.717) is 35.1 Å². The summed E-state index contributed by atoms with van der Waals surface area (Å²) in [6, 6.07) is 13.2. The molecule has 0 saturated heterocycles. The summed E-state index contributed by atoms with van der Waals surface area (Å²) in [4.78, 5) is 44.2. The van der Waals surface area contributed by atoms with Crippen molar-refractivity contribution in [2.45, 2.75) is 30.5 Å². The number of furan rings is 1. The van der Waals surface area contributed by atoms with Crippen LogP contribution in [-0.2, 0) is 24.2 Å². The first-order chi connectivity index (χ1) is 18.7. The summed E-state index contributed by atoms with van der Waals surface area (Å²) in [7, 11) is 0. The molecule has 0 radical (unpaired) electrons. The fraction of sp³-hybridized carbons (Fsp3) is 0.214. The lowest BCUT2D eigenvalue weighted by atomic mass is 9.96. The molecule has 39 heavy (non-hydrogen) atoms. The second kappa shape index (κ2) is 11.3. The van der Waals surface area contributed by atoms with Crippen LogP contribution in [0.15, 0.2) is 64.2 Å². The van der Waals surface area contributed by atoms with E-state index in [1.165, 1.54) is 11.8 Å². The number of fused-ring (bicyclic) bond motifs is 2. The average Bonchev–Trinajstić information content (AvgIpc) is 3.39. The molecule has 4 aromatic rings. The van der Waals surface area contributed by atoms with Gasteiger partial charge in [0.2, 0.25) is 0 Å². The number of nitrogens with one attached hydrogen (secondary N) is 1. The van der Waals surface area contributed by atoms with Crippen LogP contribution in [0.25, 0.3) is 10.8 Å². The first kappa shape index (κ1) is 27.1. The summed E-state index contributed by atoms with van der Waals surface area (Å²) >= 11 is 14.5. The first-order valence-electron chi connectivity index (χ1n) is 12.1. The second-order valence-corrected chi connectivity index (χ2v) is 10.7. The molecule has 0 bridgehead atoms. The van der Waals surface area contributed by atoms with E-state index in [-0.39, 0.29) is 34.5 Å². The molecular formula is C28H23Cl2N3O5S. The number of hydrogen-bond donors (Lipinski definition) is 2. The van der Waals surface area contributed by atoms with Gasteiger partial charge in [-0.25, -0.2) is 4.79 Å². The summed E-state index contributed by atoms with van der Waals surface area (Å²) in [6.07, 6.45) is 3.88. The molecule has 8 nitrogen and oxygen atoms in total. The second-order valence-electron chi connectivity index (χ2n) is 9.07. The zero-order chi connectivity index (χ0) is 27.7. The highest BCUT2D eigenvalue weighted by Gasteiger charge is 2.30. The van der Waals surface area contributed by atoms with Crippen molar-refractivity contribution in [3.63, 3.8) is 0 Å². The zero-order valence-corrected chi connectivity index (χ0v) is 23.1. The maximum atomic E-state index is 13.2. The molecule has 3 heterocycles. The smallest absolute Gasteiger partial charge is 0.326 e. The summed E-state index contributed by atoms with van der Waals surface area (Å²) in [5.41, 5.74) is 1.76. The summed E-state index contributed by atoms with van der Waals surface area (Å²) in [6.45, 7) is 0.620. The predicted octanol–water partition coefficient (Wildman–Crippen LogP) is 5.48. The molecule has 200 valence electrons. The van der Waals surface area contributed by atoms with Crippen molar-refractivity contribution in [3.8, 4) is 0 Å². The van der Waals surface area contributed by atoms with Gasteiger partial charge in [-0.3, -0.25) is 14.6 Å². The molecule has 5 rings (SSSR count). The van der Waals surface area contributed by atoms with E-state index in [1.54, 1.807) is 35.4 Å².